The summed E-state index contributed by atoms with van der Waals surface area (Å²) in [7, 11) is 0. The van der Waals surface area contributed by atoms with E-state index in [0.717, 1.165) is 62.1 Å². The van der Waals surface area contributed by atoms with Crippen molar-refractivity contribution in [3.05, 3.63) is 40.7 Å². The Kier molecular flexibility index (Phi) is 5.45. The maximum atomic E-state index is 16.4. The summed E-state index contributed by atoms with van der Waals surface area (Å²) < 4.78 is 36.9. The number of nitrogens with zero attached hydrogens (tertiary/aromatic N) is 6. The quantitative estimate of drug-likeness (QED) is 0.407. The van der Waals surface area contributed by atoms with Gasteiger partial charge in [0.2, 0.25) is 5.95 Å². The largest absolute Gasteiger partial charge is 0.393 e. The lowest BCUT2D eigenvalue weighted by Crippen LogP contribution is -2.61. The molecule has 6 heterocycles. The molecule has 0 atom stereocenters. The molecular formula is C26H23F2N7O2S. The van der Waals surface area contributed by atoms with Crippen molar-refractivity contribution in [1.29, 1.82) is 5.26 Å². The molecule has 0 amide bonds. The van der Waals surface area contributed by atoms with Gasteiger partial charge in [-0.05, 0) is 24.0 Å². The van der Waals surface area contributed by atoms with Gasteiger partial charge in [-0.3, -0.25) is 9.88 Å². The molecule has 38 heavy (non-hydrogen) atoms. The molecule has 2 saturated heterocycles. The number of thiophene rings is 1. The average molecular weight is 536 g/mol. The van der Waals surface area contributed by atoms with E-state index < -0.39 is 11.6 Å². The van der Waals surface area contributed by atoms with Gasteiger partial charge in [0.1, 0.15) is 16.6 Å². The summed E-state index contributed by atoms with van der Waals surface area (Å²) >= 11 is 0.947. The van der Waals surface area contributed by atoms with E-state index in [0.29, 0.717) is 22.9 Å². The van der Waals surface area contributed by atoms with E-state index in [-0.39, 0.29) is 56.7 Å². The number of aromatic nitrogens is 3. The first-order chi connectivity index (χ1) is 18.4. The number of aliphatic hydroxyl groups is 1. The molecular weight excluding hydrogens is 512 g/mol. The molecule has 0 saturated carbocycles. The fraction of sp³-hybridized carbons (Fsp3) is 0.385. The van der Waals surface area contributed by atoms with E-state index in [1.165, 1.54) is 0 Å². The number of halogens is 2. The fourth-order valence-corrected chi connectivity index (χ4v) is 6.71. The molecule has 7 rings (SSSR count). The number of hydrogen-bond donors (Lipinski definition) is 2. The fourth-order valence-electron chi connectivity index (χ4n) is 5.79. The molecule has 0 unspecified atom stereocenters. The second-order valence-corrected chi connectivity index (χ2v) is 11.1. The third-order valence-corrected chi connectivity index (χ3v) is 8.92. The normalized spacial score (nSPS) is 18.7. The van der Waals surface area contributed by atoms with E-state index in [2.05, 4.69) is 19.9 Å². The van der Waals surface area contributed by atoms with Crippen LogP contribution in [-0.2, 0) is 18.0 Å². The van der Waals surface area contributed by atoms with Gasteiger partial charge in [0.05, 0.1) is 41.5 Å². The SMILES string of the molecule is N#Cc1c(N)sc2c(F)cnc(-c3c4c(c5cnc(N6CC(N7CCC(O)CC7)C6)nc5c3F)COC4)c12. The second kappa shape index (κ2) is 8.78. The van der Waals surface area contributed by atoms with Gasteiger partial charge < -0.3 is 20.5 Å². The third kappa shape index (κ3) is 3.46. The zero-order valence-electron chi connectivity index (χ0n) is 20.2. The number of ether oxygens (including phenoxy) is 1. The second-order valence-electron chi connectivity index (χ2n) is 10.0. The Morgan fingerprint density at radius 2 is 1.89 bits per heavy atom. The minimum absolute atomic E-state index is 0.0828. The highest BCUT2D eigenvalue weighted by Gasteiger charge is 2.36. The van der Waals surface area contributed by atoms with E-state index in [4.69, 9.17) is 10.5 Å². The van der Waals surface area contributed by atoms with Crippen LogP contribution in [0.2, 0.25) is 0 Å². The van der Waals surface area contributed by atoms with Crippen LogP contribution in [0, 0.1) is 23.0 Å². The lowest BCUT2D eigenvalue weighted by Gasteiger charge is -2.47. The van der Waals surface area contributed by atoms with Gasteiger partial charge in [0, 0.05) is 54.8 Å². The van der Waals surface area contributed by atoms with Crippen LogP contribution in [0.5, 0.6) is 0 Å². The Hall–Kier alpha value is -3.50. The topological polar surface area (TPSA) is 124 Å². The zero-order chi connectivity index (χ0) is 26.1. The molecule has 0 radical (unpaired) electrons. The molecule has 0 aliphatic carbocycles. The van der Waals surface area contributed by atoms with Crippen molar-refractivity contribution in [3.63, 3.8) is 0 Å². The maximum absolute atomic E-state index is 16.4. The van der Waals surface area contributed by atoms with Gasteiger partial charge in [-0.1, -0.05) is 0 Å². The number of nitrogens with two attached hydrogens (primary N) is 1. The van der Waals surface area contributed by atoms with Crippen molar-refractivity contribution >= 4 is 43.3 Å². The van der Waals surface area contributed by atoms with Crippen molar-refractivity contribution in [1.82, 2.24) is 19.9 Å². The van der Waals surface area contributed by atoms with Crippen LogP contribution < -0.4 is 10.6 Å². The van der Waals surface area contributed by atoms with E-state index in [9.17, 15) is 14.8 Å². The Morgan fingerprint density at radius 1 is 1.13 bits per heavy atom. The van der Waals surface area contributed by atoms with Crippen molar-refractivity contribution in [2.24, 2.45) is 0 Å². The van der Waals surface area contributed by atoms with Crippen molar-refractivity contribution < 1.29 is 18.6 Å². The summed E-state index contributed by atoms with van der Waals surface area (Å²) in [4.78, 5) is 17.8. The number of fused-ring (bicyclic) bond motifs is 4. The van der Waals surface area contributed by atoms with Crippen LogP contribution in [0.4, 0.5) is 19.7 Å². The predicted molar refractivity (Wildman–Crippen MR) is 139 cm³/mol. The number of aliphatic hydroxyl groups excluding tert-OH is 1. The number of benzene rings is 1. The number of nitrogen functional groups attached to an aromatic ring is 1. The van der Waals surface area contributed by atoms with Crippen LogP contribution in [0.15, 0.2) is 12.4 Å². The van der Waals surface area contributed by atoms with Gasteiger partial charge in [0.15, 0.2) is 11.6 Å². The number of anilines is 2. The van der Waals surface area contributed by atoms with Crippen molar-refractivity contribution in [2.75, 3.05) is 36.8 Å². The molecule has 3 N–H and O–H groups in total. The molecule has 0 bridgehead atoms. The van der Waals surface area contributed by atoms with Gasteiger partial charge in [0.25, 0.3) is 0 Å². The number of hydrogen-bond acceptors (Lipinski definition) is 10. The van der Waals surface area contributed by atoms with Crippen LogP contribution in [0.25, 0.3) is 32.2 Å². The molecule has 194 valence electrons. The Balaban J connectivity index is 1.33. The summed E-state index contributed by atoms with van der Waals surface area (Å²) in [5.41, 5.74) is 7.90. The number of piperidine rings is 1. The van der Waals surface area contributed by atoms with Crippen LogP contribution in [-0.4, -0.2) is 63.3 Å². The first-order valence-electron chi connectivity index (χ1n) is 12.5. The van der Waals surface area contributed by atoms with Crippen molar-refractivity contribution in [3.8, 4) is 17.3 Å². The molecule has 9 nitrogen and oxygen atoms in total. The zero-order valence-corrected chi connectivity index (χ0v) is 21.1. The highest BCUT2D eigenvalue weighted by Crippen LogP contribution is 2.45. The molecule has 3 aromatic heterocycles. The van der Waals surface area contributed by atoms with Crippen molar-refractivity contribution in [2.45, 2.75) is 38.2 Å². The van der Waals surface area contributed by atoms with Gasteiger partial charge in [-0.25, -0.2) is 18.7 Å². The number of rotatable bonds is 3. The highest BCUT2D eigenvalue weighted by molar-refractivity contribution is 7.23. The molecule has 4 aromatic rings. The number of nitriles is 1. The molecule has 1 aromatic carbocycles. The Labute approximate surface area is 220 Å². The first-order valence-corrected chi connectivity index (χ1v) is 13.3. The number of likely N-dealkylation sites (tertiary alicyclic amines) is 1. The summed E-state index contributed by atoms with van der Waals surface area (Å²) in [5, 5.41) is 20.4. The molecule has 2 fully saturated rings. The summed E-state index contributed by atoms with van der Waals surface area (Å²) in [5.74, 6) is -0.788. The lowest BCUT2D eigenvalue weighted by molar-refractivity contribution is 0.0528. The lowest BCUT2D eigenvalue weighted by atomic mass is 9.94. The van der Waals surface area contributed by atoms with E-state index in [1.807, 2.05) is 11.0 Å². The van der Waals surface area contributed by atoms with Gasteiger partial charge >= 0.3 is 0 Å². The van der Waals surface area contributed by atoms with E-state index in [1.54, 1.807) is 6.20 Å². The van der Waals surface area contributed by atoms with Gasteiger partial charge in [-0.2, -0.15) is 5.26 Å². The molecule has 0 spiro atoms. The molecule has 12 heteroatoms. The predicted octanol–water partition coefficient (Wildman–Crippen LogP) is 3.31. The summed E-state index contributed by atoms with van der Waals surface area (Å²) in [6.07, 6.45) is 4.00. The third-order valence-electron chi connectivity index (χ3n) is 7.89. The van der Waals surface area contributed by atoms with Gasteiger partial charge in [-0.15, -0.1) is 11.3 Å². The van der Waals surface area contributed by atoms with Crippen LogP contribution in [0.3, 0.4) is 0 Å². The van der Waals surface area contributed by atoms with Crippen LogP contribution >= 0.6 is 11.3 Å². The number of pyridine rings is 1. The minimum atomic E-state index is -0.615. The first kappa shape index (κ1) is 23.6. The molecule has 3 aliphatic rings. The molecule has 3 aliphatic heterocycles. The maximum Gasteiger partial charge on any atom is 0.226 e. The Morgan fingerprint density at radius 3 is 2.66 bits per heavy atom. The average Bonchev–Trinajstić information content (AvgIpc) is 3.50. The minimum Gasteiger partial charge on any atom is -0.393 e. The Bertz CT molecular complexity index is 1660. The van der Waals surface area contributed by atoms with Crippen LogP contribution in [0.1, 0.15) is 29.5 Å². The standard InChI is InChI=1S/C26H23F2N7O2S/c27-18-7-31-23(20-14(5-29)25(30)38-24(18)20)19-17-11-37-10-16(17)15-6-32-26(33-22(15)21(19)28)35-8-12(9-35)34-3-1-13(36)2-4-34/h6-7,12-13,36H,1-4,8-11,30H2. The summed E-state index contributed by atoms with van der Waals surface area (Å²) in [6.45, 7) is 3.59. The monoisotopic (exact) mass is 535 g/mol. The smallest absolute Gasteiger partial charge is 0.226 e. The summed E-state index contributed by atoms with van der Waals surface area (Å²) in [6, 6.07) is 2.38. The van der Waals surface area contributed by atoms with E-state index >= 15 is 4.39 Å². The highest BCUT2D eigenvalue weighted by atomic mass is 32.1.